The van der Waals surface area contributed by atoms with E-state index in [0.29, 0.717) is 23.0 Å². The minimum atomic E-state index is -0.627. The molecule has 1 atom stereocenters. The highest BCUT2D eigenvalue weighted by molar-refractivity contribution is 6.99. The van der Waals surface area contributed by atoms with Gasteiger partial charge in [0.05, 0.1) is 25.0 Å². The Kier molecular flexibility index (Phi) is 4.29. The molecule has 9 heteroatoms. The maximum absolute atomic E-state index is 12.3. The maximum atomic E-state index is 12.3. The van der Waals surface area contributed by atoms with E-state index < -0.39 is 6.04 Å². The first-order chi connectivity index (χ1) is 11.2. The van der Waals surface area contributed by atoms with E-state index in [1.54, 1.807) is 20.1 Å². The number of carbonyl (C=O) groups excluding carboxylic acids is 1. The number of aryl methyl sites for hydroxylation is 1. The number of ether oxygens (including phenoxy) is 1. The van der Waals surface area contributed by atoms with E-state index in [1.165, 1.54) is 6.20 Å². The van der Waals surface area contributed by atoms with Crippen molar-refractivity contribution in [3.63, 3.8) is 0 Å². The summed E-state index contributed by atoms with van der Waals surface area (Å²) in [6.07, 6.45) is 1.40. The van der Waals surface area contributed by atoms with E-state index in [1.807, 2.05) is 18.2 Å². The zero-order valence-electron chi connectivity index (χ0n) is 12.4. The molecule has 0 saturated carbocycles. The van der Waals surface area contributed by atoms with Crippen molar-refractivity contribution < 1.29 is 14.1 Å². The molecular weight excluding hydrogens is 318 g/mol. The van der Waals surface area contributed by atoms with Crippen molar-refractivity contribution in [2.45, 2.75) is 13.0 Å². The van der Waals surface area contributed by atoms with Crippen molar-refractivity contribution >= 4 is 17.6 Å². The predicted octanol–water partition coefficient (Wildman–Crippen LogP) is 1.76. The van der Waals surface area contributed by atoms with Crippen molar-refractivity contribution in [3.05, 3.63) is 53.4 Å². The second-order valence-corrected chi connectivity index (χ2v) is 5.17. The largest absolute Gasteiger partial charge is 0.496 e. The van der Waals surface area contributed by atoms with Crippen molar-refractivity contribution in [1.82, 2.24) is 24.2 Å². The minimum Gasteiger partial charge on any atom is -0.496 e. The molecule has 2 aromatic heterocycles. The first-order valence-electron chi connectivity index (χ1n) is 6.70. The molecular formula is C14H13N5O3S. The molecule has 1 aromatic carbocycles. The molecule has 1 amide bonds. The highest BCUT2D eigenvalue weighted by atomic mass is 32.1. The number of benzene rings is 1. The third-order valence-electron chi connectivity index (χ3n) is 3.12. The summed E-state index contributed by atoms with van der Waals surface area (Å²) < 4.78 is 18.2. The van der Waals surface area contributed by atoms with Gasteiger partial charge in [-0.15, -0.1) is 0 Å². The molecule has 8 nitrogen and oxygen atoms in total. The number of carbonyl (C=O) groups is 1. The van der Waals surface area contributed by atoms with Gasteiger partial charge in [-0.3, -0.25) is 4.79 Å². The molecule has 0 radical (unpaired) electrons. The van der Waals surface area contributed by atoms with Gasteiger partial charge in [-0.25, -0.2) is 0 Å². The number of para-hydroxylation sites is 1. The molecule has 2 heterocycles. The Bertz CT molecular complexity index is 802. The summed E-state index contributed by atoms with van der Waals surface area (Å²) in [4.78, 5) is 16.6. The molecule has 0 aliphatic rings. The highest BCUT2D eigenvalue weighted by Gasteiger charge is 2.26. The number of hydrogen-bond donors (Lipinski definition) is 1. The molecule has 1 N–H and O–H groups in total. The SMILES string of the molecule is COc1ccccc1C(NC(=O)c1cnsn1)c1noc(C)n1. The van der Waals surface area contributed by atoms with Crippen LogP contribution in [0.4, 0.5) is 0 Å². The van der Waals surface area contributed by atoms with Gasteiger partial charge in [0.1, 0.15) is 11.8 Å². The molecule has 0 aliphatic heterocycles. The Balaban J connectivity index is 1.99. The van der Waals surface area contributed by atoms with Gasteiger partial charge in [-0.2, -0.15) is 13.7 Å². The Labute approximate surface area is 135 Å². The van der Waals surface area contributed by atoms with Crippen molar-refractivity contribution in [1.29, 1.82) is 0 Å². The lowest BCUT2D eigenvalue weighted by molar-refractivity contribution is 0.0936. The monoisotopic (exact) mass is 331 g/mol. The number of methoxy groups -OCH3 is 1. The third-order valence-corrected chi connectivity index (χ3v) is 3.60. The smallest absolute Gasteiger partial charge is 0.273 e. The zero-order valence-corrected chi connectivity index (χ0v) is 13.2. The van der Waals surface area contributed by atoms with Gasteiger partial charge in [0.15, 0.2) is 11.5 Å². The van der Waals surface area contributed by atoms with Crippen molar-refractivity contribution in [2.75, 3.05) is 7.11 Å². The fourth-order valence-electron chi connectivity index (χ4n) is 2.09. The standard InChI is InChI=1S/C14H13N5O3S/c1-8-16-13(18-22-8)12(9-5-3-4-6-11(9)21-2)17-14(20)10-7-15-23-19-10/h3-7,12H,1-2H3,(H,17,20). The zero-order chi connectivity index (χ0) is 16.2. The van der Waals surface area contributed by atoms with Crippen LogP contribution in [0.25, 0.3) is 0 Å². The second-order valence-electron chi connectivity index (χ2n) is 4.61. The molecule has 3 aromatic rings. The average Bonchev–Trinajstić information content (AvgIpc) is 3.24. The van der Waals surface area contributed by atoms with Crippen LogP contribution >= 0.6 is 11.7 Å². The maximum Gasteiger partial charge on any atom is 0.273 e. The molecule has 1 unspecified atom stereocenters. The lowest BCUT2D eigenvalue weighted by atomic mass is 10.0. The van der Waals surface area contributed by atoms with Gasteiger partial charge in [0, 0.05) is 12.5 Å². The summed E-state index contributed by atoms with van der Waals surface area (Å²) in [6.45, 7) is 1.68. The van der Waals surface area contributed by atoms with Crippen LogP contribution < -0.4 is 10.1 Å². The van der Waals surface area contributed by atoms with Gasteiger partial charge in [-0.05, 0) is 6.07 Å². The summed E-state index contributed by atoms with van der Waals surface area (Å²) in [5, 5.41) is 6.75. The van der Waals surface area contributed by atoms with Gasteiger partial charge < -0.3 is 14.6 Å². The predicted molar refractivity (Wildman–Crippen MR) is 81.2 cm³/mol. The fraction of sp³-hybridized carbons (Fsp3) is 0.214. The normalized spacial score (nSPS) is 11.9. The molecule has 3 rings (SSSR count). The van der Waals surface area contributed by atoms with E-state index in [4.69, 9.17) is 9.26 Å². The first kappa shape index (κ1) is 15.1. The molecule has 0 spiro atoms. The van der Waals surface area contributed by atoms with Gasteiger partial charge in [-0.1, -0.05) is 23.4 Å². The van der Waals surface area contributed by atoms with Crippen LogP contribution in [0.15, 0.2) is 35.0 Å². The van der Waals surface area contributed by atoms with E-state index >= 15 is 0 Å². The number of aromatic nitrogens is 4. The van der Waals surface area contributed by atoms with Gasteiger partial charge >= 0.3 is 0 Å². The van der Waals surface area contributed by atoms with Crippen LogP contribution in [0.1, 0.15) is 33.8 Å². The average molecular weight is 331 g/mol. The van der Waals surface area contributed by atoms with Crippen molar-refractivity contribution in [3.8, 4) is 5.75 Å². The van der Waals surface area contributed by atoms with E-state index in [2.05, 4.69) is 24.2 Å². The molecule has 23 heavy (non-hydrogen) atoms. The molecule has 0 saturated heterocycles. The fourth-order valence-corrected chi connectivity index (χ4v) is 2.50. The Morgan fingerprint density at radius 3 is 2.87 bits per heavy atom. The number of rotatable bonds is 5. The lowest BCUT2D eigenvalue weighted by Gasteiger charge is -2.17. The van der Waals surface area contributed by atoms with Crippen LogP contribution in [0.5, 0.6) is 5.75 Å². The van der Waals surface area contributed by atoms with Crippen molar-refractivity contribution in [2.24, 2.45) is 0 Å². The topological polar surface area (TPSA) is 103 Å². The number of nitrogens with one attached hydrogen (secondary N) is 1. The van der Waals surface area contributed by atoms with Crippen LogP contribution in [-0.4, -0.2) is 31.9 Å². The van der Waals surface area contributed by atoms with Gasteiger partial charge in [0.2, 0.25) is 5.89 Å². The molecule has 0 bridgehead atoms. The van der Waals surface area contributed by atoms with Crippen LogP contribution in [-0.2, 0) is 0 Å². The van der Waals surface area contributed by atoms with Crippen LogP contribution in [0.3, 0.4) is 0 Å². The van der Waals surface area contributed by atoms with E-state index in [-0.39, 0.29) is 11.6 Å². The molecule has 0 aliphatic carbocycles. The quantitative estimate of drug-likeness (QED) is 0.759. The van der Waals surface area contributed by atoms with E-state index in [9.17, 15) is 4.79 Å². The van der Waals surface area contributed by atoms with Crippen LogP contribution in [0.2, 0.25) is 0 Å². The Morgan fingerprint density at radius 2 is 2.22 bits per heavy atom. The molecule has 0 fully saturated rings. The molecule has 118 valence electrons. The Hall–Kier alpha value is -2.81. The number of nitrogens with zero attached hydrogens (tertiary/aromatic N) is 4. The summed E-state index contributed by atoms with van der Waals surface area (Å²) in [7, 11) is 1.56. The van der Waals surface area contributed by atoms with Crippen LogP contribution in [0, 0.1) is 6.92 Å². The second kappa shape index (κ2) is 6.53. The summed E-state index contributed by atoms with van der Waals surface area (Å²) in [5.74, 6) is 0.974. The summed E-state index contributed by atoms with van der Waals surface area (Å²) in [5.41, 5.74) is 0.947. The van der Waals surface area contributed by atoms with E-state index in [0.717, 1.165) is 11.7 Å². The Morgan fingerprint density at radius 1 is 1.39 bits per heavy atom. The minimum absolute atomic E-state index is 0.232. The summed E-state index contributed by atoms with van der Waals surface area (Å²) in [6, 6.07) is 6.68. The third kappa shape index (κ3) is 3.19. The highest BCUT2D eigenvalue weighted by Crippen LogP contribution is 2.28. The number of amides is 1. The first-order valence-corrected chi connectivity index (χ1v) is 7.43. The summed E-state index contributed by atoms with van der Waals surface area (Å²) >= 11 is 0.963. The lowest BCUT2D eigenvalue weighted by Crippen LogP contribution is -2.30. The van der Waals surface area contributed by atoms with Gasteiger partial charge in [0.25, 0.3) is 5.91 Å². The number of hydrogen-bond acceptors (Lipinski definition) is 8.